The van der Waals surface area contributed by atoms with E-state index in [0.29, 0.717) is 6.54 Å². The highest BCUT2D eigenvalue weighted by Gasteiger charge is 2.23. The fraction of sp³-hybridized carbons (Fsp3) is 0.600. The molecule has 19 heavy (non-hydrogen) atoms. The van der Waals surface area contributed by atoms with Crippen molar-refractivity contribution in [2.24, 2.45) is 0 Å². The number of aliphatic hydroxyl groups is 1. The molecule has 1 rings (SSSR count). The maximum atomic E-state index is 11.3. The third kappa shape index (κ3) is 5.05. The highest BCUT2D eigenvalue weighted by molar-refractivity contribution is 7.84. The molecule has 0 radical (unpaired) electrons. The lowest BCUT2D eigenvalue weighted by atomic mass is 9.97. The molecule has 1 aromatic rings. The van der Waals surface area contributed by atoms with Crippen LogP contribution in [0.4, 0.5) is 0 Å². The second-order valence-corrected chi connectivity index (χ2v) is 6.58. The van der Waals surface area contributed by atoms with Gasteiger partial charge in [0.25, 0.3) is 0 Å². The number of hydrogen-bond donors (Lipinski definition) is 1. The molecule has 0 aliphatic rings. The lowest BCUT2D eigenvalue weighted by molar-refractivity contribution is 0.00130. The van der Waals surface area contributed by atoms with Gasteiger partial charge < -0.3 is 5.11 Å². The lowest BCUT2D eigenvalue weighted by Crippen LogP contribution is -2.40. The largest absolute Gasteiger partial charge is 0.389 e. The molecule has 1 atom stereocenters. The molecular weight excluding hydrogens is 258 g/mol. The van der Waals surface area contributed by atoms with Crippen molar-refractivity contribution in [3.63, 3.8) is 0 Å². The van der Waals surface area contributed by atoms with Gasteiger partial charge >= 0.3 is 0 Å². The number of hydrogen-bond acceptors (Lipinski definition) is 3. The summed E-state index contributed by atoms with van der Waals surface area (Å²) in [5, 5.41) is 10.3. The number of nitrogens with zero attached hydrogens (tertiary/aromatic N) is 1. The standard InChI is InChI=1S/C15H25NO2S/c1-5-15(17,6-2)12-16(3)11-13-7-9-14(10-8-13)19(4)18/h7-10,17H,5-6,11-12H2,1-4H3. The van der Waals surface area contributed by atoms with Crippen LogP contribution in [0.2, 0.25) is 0 Å². The van der Waals surface area contributed by atoms with Crippen LogP contribution in [0.15, 0.2) is 29.2 Å². The van der Waals surface area contributed by atoms with Gasteiger partial charge in [-0.25, -0.2) is 0 Å². The molecule has 0 saturated carbocycles. The van der Waals surface area contributed by atoms with E-state index in [1.54, 1.807) is 6.26 Å². The molecule has 0 spiro atoms. The van der Waals surface area contributed by atoms with Crippen LogP contribution < -0.4 is 0 Å². The number of benzene rings is 1. The van der Waals surface area contributed by atoms with Crippen LogP contribution in [0, 0.1) is 0 Å². The van der Waals surface area contributed by atoms with Gasteiger partial charge in [-0.3, -0.25) is 9.11 Å². The van der Waals surface area contributed by atoms with Crippen molar-refractivity contribution in [3.05, 3.63) is 29.8 Å². The molecule has 4 heteroatoms. The van der Waals surface area contributed by atoms with Crippen molar-refractivity contribution in [1.82, 2.24) is 4.90 Å². The minimum absolute atomic E-state index is 0.598. The first kappa shape index (κ1) is 16.3. The Morgan fingerprint density at radius 3 is 2.16 bits per heavy atom. The van der Waals surface area contributed by atoms with E-state index in [4.69, 9.17) is 0 Å². The van der Waals surface area contributed by atoms with Gasteiger partial charge in [0.05, 0.1) is 5.60 Å². The van der Waals surface area contributed by atoms with Crippen LogP contribution in [0.5, 0.6) is 0 Å². The highest BCUT2D eigenvalue weighted by atomic mass is 32.2. The van der Waals surface area contributed by atoms with Gasteiger partial charge in [-0.05, 0) is 37.6 Å². The monoisotopic (exact) mass is 283 g/mol. The molecule has 0 fully saturated rings. The Morgan fingerprint density at radius 2 is 1.74 bits per heavy atom. The van der Waals surface area contributed by atoms with Gasteiger partial charge in [-0.2, -0.15) is 0 Å². The van der Waals surface area contributed by atoms with Crippen LogP contribution in [0.25, 0.3) is 0 Å². The average molecular weight is 283 g/mol. The third-order valence-electron chi connectivity index (χ3n) is 3.59. The second kappa shape index (κ2) is 7.17. The van der Waals surface area contributed by atoms with E-state index < -0.39 is 16.4 Å². The quantitative estimate of drug-likeness (QED) is 0.835. The Labute approximate surface area is 119 Å². The van der Waals surface area contributed by atoms with E-state index in [1.165, 1.54) is 5.56 Å². The first-order valence-electron chi connectivity index (χ1n) is 6.73. The molecule has 1 N–H and O–H groups in total. The predicted molar refractivity (Wildman–Crippen MR) is 80.6 cm³/mol. The minimum atomic E-state index is -0.922. The molecule has 1 unspecified atom stereocenters. The number of likely N-dealkylation sites (N-methyl/N-ethyl adjacent to an activating group) is 1. The van der Waals surface area contributed by atoms with E-state index in [1.807, 2.05) is 45.2 Å². The molecule has 0 bridgehead atoms. The van der Waals surface area contributed by atoms with Crippen molar-refractivity contribution in [2.45, 2.75) is 43.7 Å². The van der Waals surface area contributed by atoms with Gasteiger partial charge in [-0.1, -0.05) is 26.0 Å². The molecular formula is C15H25NO2S. The van der Waals surface area contributed by atoms with Crippen LogP contribution >= 0.6 is 0 Å². The Morgan fingerprint density at radius 1 is 1.21 bits per heavy atom. The fourth-order valence-electron chi connectivity index (χ4n) is 2.13. The van der Waals surface area contributed by atoms with E-state index >= 15 is 0 Å². The zero-order chi connectivity index (χ0) is 14.5. The summed E-state index contributed by atoms with van der Waals surface area (Å²) in [5.41, 5.74) is 0.575. The molecule has 0 aliphatic carbocycles. The Bertz CT molecular complexity index is 413. The smallest absolute Gasteiger partial charge is 0.0768 e. The first-order chi connectivity index (χ1) is 8.90. The normalized spacial score (nSPS) is 13.8. The molecule has 0 amide bonds. The van der Waals surface area contributed by atoms with E-state index in [2.05, 4.69) is 4.90 Å². The van der Waals surface area contributed by atoms with E-state index in [9.17, 15) is 9.32 Å². The van der Waals surface area contributed by atoms with Gasteiger partial charge in [0.1, 0.15) is 0 Å². The molecule has 0 aliphatic heterocycles. The Balaban J connectivity index is 2.61. The zero-order valence-electron chi connectivity index (χ0n) is 12.3. The summed E-state index contributed by atoms with van der Waals surface area (Å²) in [4.78, 5) is 2.98. The molecule has 1 aromatic carbocycles. The van der Waals surface area contributed by atoms with Crippen LogP contribution in [-0.4, -0.2) is 39.7 Å². The molecule has 3 nitrogen and oxygen atoms in total. The summed E-state index contributed by atoms with van der Waals surface area (Å²) in [5.74, 6) is 0. The van der Waals surface area contributed by atoms with Crippen molar-refractivity contribution in [3.8, 4) is 0 Å². The third-order valence-corrected chi connectivity index (χ3v) is 4.52. The summed E-state index contributed by atoms with van der Waals surface area (Å²) < 4.78 is 11.3. The molecule has 108 valence electrons. The van der Waals surface area contributed by atoms with Gasteiger partial charge in [0, 0.05) is 35.0 Å². The molecule has 0 heterocycles. The Kier molecular flexibility index (Phi) is 6.17. The minimum Gasteiger partial charge on any atom is -0.389 e. The van der Waals surface area contributed by atoms with E-state index in [-0.39, 0.29) is 0 Å². The van der Waals surface area contributed by atoms with Crippen LogP contribution in [0.1, 0.15) is 32.3 Å². The Hall–Kier alpha value is -0.710. The van der Waals surface area contributed by atoms with Gasteiger partial charge in [0.2, 0.25) is 0 Å². The van der Waals surface area contributed by atoms with Crippen molar-refractivity contribution >= 4 is 10.8 Å². The van der Waals surface area contributed by atoms with E-state index in [0.717, 1.165) is 24.3 Å². The first-order valence-corrected chi connectivity index (χ1v) is 8.29. The van der Waals surface area contributed by atoms with Crippen molar-refractivity contribution in [2.75, 3.05) is 19.8 Å². The topological polar surface area (TPSA) is 40.5 Å². The fourth-order valence-corrected chi connectivity index (χ4v) is 2.65. The van der Waals surface area contributed by atoms with Crippen molar-refractivity contribution < 1.29 is 9.32 Å². The maximum Gasteiger partial charge on any atom is 0.0768 e. The SMILES string of the molecule is CCC(O)(CC)CN(C)Cc1ccc(S(C)=O)cc1. The van der Waals surface area contributed by atoms with Gasteiger partial charge in [-0.15, -0.1) is 0 Å². The zero-order valence-corrected chi connectivity index (χ0v) is 13.2. The predicted octanol–water partition coefficient (Wildman–Crippen LogP) is 2.41. The van der Waals surface area contributed by atoms with Crippen molar-refractivity contribution in [1.29, 1.82) is 0 Å². The summed E-state index contributed by atoms with van der Waals surface area (Å²) in [7, 11) is 1.09. The summed E-state index contributed by atoms with van der Waals surface area (Å²) in [6.07, 6.45) is 3.22. The van der Waals surface area contributed by atoms with Crippen LogP contribution in [-0.2, 0) is 17.3 Å². The van der Waals surface area contributed by atoms with Crippen LogP contribution in [0.3, 0.4) is 0 Å². The molecule has 0 aromatic heterocycles. The number of rotatable bonds is 7. The second-order valence-electron chi connectivity index (χ2n) is 5.20. The highest BCUT2D eigenvalue weighted by Crippen LogP contribution is 2.17. The summed E-state index contributed by atoms with van der Waals surface area (Å²) >= 11 is 0. The lowest BCUT2D eigenvalue weighted by Gasteiger charge is -2.30. The maximum absolute atomic E-state index is 11.3. The average Bonchev–Trinajstić information content (AvgIpc) is 2.39. The molecule has 0 saturated heterocycles. The summed E-state index contributed by atoms with van der Waals surface area (Å²) in [6, 6.07) is 7.82. The summed E-state index contributed by atoms with van der Waals surface area (Å²) in [6.45, 7) is 5.49. The van der Waals surface area contributed by atoms with Gasteiger partial charge in [0.15, 0.2) is 0 Å².